The van der Waals surface area contributed by atoms with Crippen LogP contribution in [-0.4, -0.2) is 34.3 Å². The van der Waals surface area contributed by atoms with E-state index in [2.05, 4.69) is 5.32 Å². The summed E-state index contributed by atoms with van der Waals surface area (Å²) >= 11 is 0. The number of hydrogen-bond donors (Lipinski definition) is 1. The fourth-order valence-electron chi connectivity index (χ4n) is 3.59. The number of piperazine rings is 1. The van der Waals surface area contributed by atoms with Crippen LogP contribution < -0.4 is 5.32 Å². The number of amides is 2. The van der Waals surface area contributed by atoms with E-state index in [-0.39, 0.29) is 23.9 Å². The van der Waals surface area contributed by atoms with Gasteiger partial charge in [-0.3, -0.25) is 9.59 Å². The van der Waals surface area contributed by atoms with Crippen LogP contribution in [0.4, 0.5) is 0 Å². The first-order valence-corrected chi connectivity index (χ1v) is 7.20. The maximum Gasteiger partial charge on any atom is 0.249 e. The predicted molar refractivity (Wildman–Crippen MR) is 67.8 cm³/mol. The molecule has 1 saturated heterocycles. The Balaban J connectivity index is 1.93. The minimum Gasteiger partial charge on any atom is -0.340 e. The van der Waals surface area contributed by atoms with E-state index in [1.807, 2.05) is 18.7 Å². The van der Waals surface area contributed by atoms with Crippen molar-refractivity contribution >= 4 is 11.8 Å². The highest BCUT2D eigenvalue weighted by Gasteiger charge is 2.55. The zero-order chi connectivity index (χ0) is 12.9. The van der Waals surface area contributed by atoms with Crippen molar-refractivity contribution in [2.75, 3.05) is 0 Å². The summed E-state index contributed by atoms with van der Waals surface area (Å²) in [4.78, 5) is 27.1. The molecule has 3 fully saturated rings. The van der Waals surface area contributed by atoms with E-state index in [4.69, 9.17) is 0 Å². The molecule has 1 atom stereocenters. The number of carbonyl (C=O) groups excluding carboxylic acids is 2. The number of nitrogens with one attached hydrogen (secondary N) is 1. The smallest absolute Gasteiger partial charge is 0.249 e. The lowest BCUT2D eigenvalue weighted by atomic mass is 9.88. The van der Waals surface area contributed by atoms with Gasteiger partial charge in [-0.2, -0.15) is 0 Å². The molecule has 0 aromatic rings. The Labute approximate surface area is 108 Å². The molecule has 0 bridgehead atoms. The van der Waals surface area contributed by atoms with Gasteiger partial charge in [-0.15, -0.1) is 0 Å². The van der Waals surface area contributed by atoms with Crippen molar-refractivity contribution in [2.45, 2.75) is 70.0 Å². The SMILES string of the molecule is CC(C)N1C(=O)C2(CCCC2)NC(=O)C1C1CC1. The molecule has 1 N–H and O–H groups in total. The summed E-state index contributed by atoms with van der Waals surface area (Å²) < 4.78 is 0. The predicted octanol–water partition coefficient (Wildman–Crippen LogP) is 1.44. The molecule has 3 rings (SSSR count). The summed E-state index contributed by atoms with van der Waals surface area (Å²) in [6, 6.07) is -0.0876. The Morgan fingerprint density at radius 2 is 1.83 bits per heavy atom. The number of rotatable bonds is 2. The largest absolute Gasteiger partial charge is 0.340 e. The van der Waals surface area contributed by atoms with E-state index in [0.29, 0.717) is 5.92 Å². The van der Waals surface area contributed by atoms with Gasteiger partial charge in [0.25, 0.3) is 0 Å². The van der Waals surface area contributed by atoms with Gasteiger partial charge in [0.2, 0.25) is 11.8 Å². The summed E-state index contributed by atoms with van der Waals surface area (Å²) in [6.07, 6.45) is 5.90. The van der Waals surface area contributed by atoms with Crippen LogP contribution in [0.3, 0.4) is 0 Å². The third-order valence-corrected chi connectivity index (χ3v) is 4.66. The van der Waals surface area contributed by atoms with Gasteiger partial charge in [-0.25, -0.2) is 0 Å². The highest BCUT2D eigenvalue weighted by atomic mass is 16.2. The summed E-state index contributed by atoms with van der Waals surface area (Å²) in [5.74, 6) is 0.661. The molecule has 100 valence electrons. The van der Waals surface area contributed by atoms with Gasteiger partial charge < -0.3 is 10.2 Å². The van der Waals surface area contributed by atoms with E-state index in [9.17, 15) is 9.59 Å². The molecule has 0 aromatic heterocycles. The molecule has 4 nitrogen and oxygen atoms in total. The maximum atomic E-state index is 12.8. The minimum atomic E-state index is -0.563. The van der Waals surface area contributed by atoms with Gasteiger partial charge >= 0.3 is 0 Å². The molecular weight excluding hydrogens is 228 g/mol. The molecule has 1 heterocycles. The first-order valence-electron chi connectivity index (χ1n) is 7.20. The Kier molecular flexibility index (Phi) is 2.65. The van der Waals surface area contributed by atoms with Crippen molar-refractivity contribution < 1.29 is 9.59 Å². The summed E-state index contributed by atoms with van der Waals surface area (Å²) in [5.41, 5.74) is -0.563. The fraction of sp³-hybridized carbons (Fsp3) is 0.857. The second-order valence-corrected chi connectivity index (χ2v) is 6.37. The first kappa shape index (κ1) is 12.0. The number of hydrogen-bond acceptors (Lipinski definition) is 2. The Bertz CT molecular complexity index is 381. The van der Waals surface area contributed by atoms with Crippen LogP contribution in [0.2, 0.25) is 0 Å². The van der Waals surface area contributed by atoms with Gasteiger partial charge in [-0.05, 0) is 45.4 Å². The second kappa shape index (κ2) is 3.97. The van der Waals surface area contributed by atoms with Crippen LogP contribution in [0.25, 0.3) is 0 Å². The monoisotopic (exact) mass is 250 g/mol. The molecule has 1 aliphatic heterocycles. The second-order valence-electron chi connectivity index (χ2n) is 6.37. The third-order valence-electron chi connectivity index (χ3n) is 4.66. The van der Waals surface area contributed by atoms with E-state index in [1.54, 1.807) is 0 Å². The van der Waals surface area contributed by atoms with Gasteiger partial charge in [0.05, 0.1) is 0 Å². The molecule has 3 aliphatic rings. The highest BCUT2D eigenvalue weighted by Crippen LogP contribution is 2.42. The summed E-state index contributed by atoms with van der Waals surface area (Å²) in [6.45, 7) is 4.04. The van der Waals surface area contributed by atoms with Crippen molar-refractivity contribution in [1.82, 2.24) is 10.2 Å². The lowest BCUT2D eigenvalue weighted by Gasteiger charge is -2.46. The minimum absolute atomic E-state index is 0.0905. The zero-order valence-electron chi connectivity index (χ0n) is 11.2. The molecule has 2 saturated carbocycles. The lowest BCUT2D eigenvalue weighted by Crippen LogP contribution is -2.71. The van der Waals surface area contributed by atoms with Crippen LogP contribution in [0.5, 0.6) is 0 Å². The molecular formula is C14H22N2O2. The van der Waals surface area contributed by atoms with Crippen LogP contribution in [-0.2, 0) is 9.59 Å². The standard InChI is InChI=1S/C14H22N2O2/c1-9(2)16-11(10-5-6-10)12(17)15-14(13(16)18)7-3-4-8-14/h9-11H,3-8H2,1-2H3,(H,15,17). The maximum absolute atomic E-state index is 12.8. The average molecular weight is 250 g/mol. The molecule has 18 heavy (non-hydrogen) atoms. The van der Waals surface area contributed by atoms with Crippen molar-refractivity contribution in [2.24, 2.45) is 5.92 Å². The lowest BCUT2D eigenvalue weighted by molar-refractivity contribution is -0.158. The number of carbonyl (C=O) groups is 2. The highest BCUT2D eigenvalue weighted by molar-refractivity contribution is 6.00. The van der Waals surface area contributed by atoms with Gasteiger partial charge in [0.1, 0.15) is 11.6 Å². The molecule has 2 amide bonds. The molecule has 0 aromatic carbocycles. The Morgan fingerprint density at radius 3 is 2.33 bits per heavy atom. The zero-order valence-corrected chi connectivity index (χ0v) is 11.2. The van der Waals surface area contributed by atoms with E-state index in [1.165, 1.54) is 0 Å². The van der Waals surface area contributed by atoms with Gasteiger partial charge in [0, 0.05) is 6.04 Å². The van der Waals surface area contributed by atoms with Crippen LogP contribution in [0, 0.1) is 5.92 Å². The average Bonchev–Trinajstić information content (AvgIpc) is 3.03. The Morgan fingerprint density at radius 1 is 1.22 bits per heavy atom. The van der Waals surface area contributed by atoms with Gasteiger partial charge in [-0.1, -0.05) is 12.8 Å². The topological polar surface area (TPSA) is 49.4 Å². The van der Waals surface area contributed by atoms with Gasteiger partial charge in [0.15, 0.2) is 0 Å². The van der Waals surface area contributed by atoms with Crippen molar-refractivity contribution in [1.29, 1.82) is 0 Å². The molecule has 0 radical (unpaired) electrons. The molecule has 2 aliphatic carbocycles. The van der Waals surface area contributed by atoms with E-state index in [0.717, 1.165) is 38.5 Å². The summed E-state index contributed by atoms with van der Waals surface area (Å²) in [7, 11) is 0. The van der Waals surface area contributed by atoms with Crippen molar-refractivity contribution in [3.05, 3.63) is 0 Å². The van der Waals surface area contributed by atoms with E-state index >= 15 is 0 Å². The molecule has 1 spiro atoms. The van der Waals surface area contributed by atoms with Crippen LogP contribution in [0.1, 0.15) is 52.4 Å². The van der Waals surface area contributed by atoms with Crippen LogP contribution in [0.15, 0.2) is 0 Å². The Hall–Kier alpha value is -1.06. The van der Waals surface area contributed by atoms with E-state index < -0.39 is 5.54 Å². The summed E-state index contributed by atoms with van der Waals surface area (Å²) in [5, 5.41) is 3.07. The van der Waals surface area contributed by atoms with Crippen molar-refractivity contribution in [3.63, 3.8) is 0 Å². The van der Waals surface area contributed by atoms with Crippen molar-refractivity contribution in [3.8, 4) is 0 Å². The normalized spacial score (nSPS) is 31.3. The van der Waals surface area contributed by atoms with Crippen LogP contribution >= 0.6 is 0 Å². The molecule has 1 unspecified atom stereocenters. The fourth-order valence-corrected chi connectivity index (χ4v) is 3.59. The quantitative estimate of drug-likeness (QED) is 0.806. The third kappa shape index (κ3) is 1.65. The molecule has 4 heteroatoms. The number of nitrogens with zero attached hydrogens (tertiary/aromatic N) is 1. The first-order chi connectivity index (χ1) is 8.55.